The maximum absolute atomic E-state index is 15.6. The molecule has 0 N–H and O–H groups in total. The van der Waals surface area contributed by atoms with Gasteiger partial charge in [0.2, 0.25) is 5.43 Å². The molecule has 3 heterocycles. The van der Waals surface area contributed by atoms with Gasteiger partial charge < -0.3 is 9.30 Å². The number of carbonyl (C=O) groups excluding carboxylic acids is 1. The van der Waals surface area contributed by atoms with Gasteiger partial charge in [-0.3, -0.25) is 4.79 Å². The van der Waals surface area contributed by atoms with E-state index in [4.69, 9.17) is 10.3 Å². The molecule has 1 unspecified atom stereocenters. The Morgan fingerprint density at radius 1 is 1.42 bits per heavy atom. The average Bonchev–Trinajstić information content (AvgIpc) is 3.54. The van der Waals surface area contributed by atoms with Gasteiger partial charge in [0.15, 0.2) is 5.82 Å². The zero-order chi connectivity index (χ0) is 23.3. The van der Waals surface area contributed by atoms with Crippen molar-refractivity contribution < 1.29 is 13.9 Å². The molecule has 0 bridgehead atoms. The summed E-state index contributed by atoms with van der Waals surface area (Å²) < 4.78 is 22.5. The molecule has 170 valence electrons. The third kappa shape index (κ3) is 3.59. The zero-order valence-electron chi connectivity index (χ0n) is 18.3. The summed E-state index contributed by atoms with van der Waals surface area (Å²) in [6, 6.07) is 1.71. The molecule has 10 heteroatoms. The smallest absolute Gasteiger partial charge is 0.343 e. The number of pyridine rings is 2. The standard InChI is InChI=1S/C23H22FN5O3S/c1-3-32-23(31)14-10-29(12-7-8-12)22-18(21(14)30)11(2)19(24)20(26-22)17-9-13-15(27-28-25)5-4-6-16(13)33-17/h9-10,12,15H,3-8H2,1-2H3. The third-order valence-corrected chi connectivity index (χ3v) is 7.50. The lowest BCUT2D eigenvalue weighted by Gasteiger charge is -2.17. The van der Waals surface area contributed by atoms with Crippen LogP contribution >= 0.6 is 11.3 Å². The highest BCUT2D eigenvalue weighted by atomic mass is 32.1. The minimum atomic E-state index is -0.710. The molecule has 0 spiro atoms. The maximum Gasteiger partial charge on any atom is 0.343 e. The Hall–Kier alpha value is -3.23. The van der Waals surface area contributed by atoms with Crippen LogP contribution in [0.3, 0.4) is 0 Å². The monoisotopic (exact) mass is 467 g/mol. The highest BCUT2D eigenvalue weighted by Crippen LogP contribution is 2.43. The van der Waals surface area contributed by atoms with Gasteiger partial charge in [-0.1, -0.05) is 5.11 Å². The van der Waals surface area contributed by atoms with Crippen LogP contribution in [-0.2, 0) is 11.2 Å². The summed E-state index contributed by atoms with van der Waals surface area (Å²) >= 11 is 1.45. The van der Waals surface area contributed by atoms with Crippen LogP contribution in [0.2, 0.25) is 0 Å². The van der Waals surface area contributed by atoms with E-state index in [-0.39, 0.29) is 40.9 Å². The SMILES string of the molecule is CCOC(=O)c1cn(C2CC2)c2nc(-c3cc4c(s3)CCCC4N=[N+]=[N-])c(F)c(C)c2c1=O. The van der Waals surface area contributed by atoms with Gasteiger partial charge in [0, 0.05) is 27.6 Å². The van der Waals surface area contributed by atoms with E-state index in [0.29, 0.717) is 10.5 Å². The lowest BCUT2D eigenvalue weighted by atomic mass is 9.94. The summed E-state index contributed by atoms with van der Waals surface area (Å²) in [5.74, 6) is -1.29. The highest BCUT2D eigenvalue weighted by molar-refractivity contribution is 7.15. The Bertz CT molecular complexity index is 1400. The van der Waals surface area contributed by atoms with Gasteiger partial charge in [-0.05, 0) is 63.1 Å². The molecule has 2 aliphatic rings. The molecule has 5 rings (SSSR count). The number of rotatable bonds is 5. The molecule has 8 nitrogen and oxygen atoms in total. The minimum Gasteiger partial charge on any atom is -0.462 e. The van der Waals surface area contributed by atoms with Gasteiger partial charge in [0.1, 0.15) is 16.9 Å². The van der Waals surface area contributed by atoms with Crippen molar-refractivity contribution >= 4 is 28.3 Å². The van der Waals surface area contributed by atoms with Crippen LogP contribution in [0.5, 0.6) is 0 Å². The number of fused-ring (bicyclic) bond motifs is 2. The highest BCUT2D eigenvalue weighted by Gasteiger charge is 2.31. The van der Waals surface area contributed by atoms with E-state index in [1.807, 2.05) is 10.6 Å². The quantitative estimate of drug-likeness (QED) is 0.205. The maximum atomic E-state index is 15.6. The van der Waals surface area contributed by atoms with Crippen LogP contribution in [0, 0.1) is 12.7 Å². The van der Waals surface area contributed by atoms with Crippen LogP contribution in [-0.4, -0.2) is 22.1 Å². The number of aryl methyl sites for hydroxylation is 2. The fourth-order valence-electron chi connectivity index (χ4n) is 4.50. The Labute approximate surface area is 192 Å². The first kappa shape index (κ1) is 21.6. The van der Waals surface area contributed by atoms with E-state index in [0.717, 1.165) is 42.5 Å². The number of aromatic nitrogens is 2. The number of thiophene rings is 1. The number of esters is 1. The molecule has 1 fully saturated rings. The summed E-state index contributed by atoms with van der Waals surface area (Å²) in [5, 5.41) is 4.02. The van der Waals surface area contributed by atoms with Crippen LogP contribution in [0.1, 0.15) is 71.1 Å². The Kier molecular flexibility index (Phi) is 5.42. The van der Waals surface area contributed by atoms with E-state index in [9.17, 15) is 9.59 Å². The molecule has 0 radical (unpaired) electrons. The first-order valence-corrected chi connectivity index (χ1v) is 11.9. The van der Waals surface area contributed by atoms with Gasteiger partial charge in [-0.25, -0.2) is 14.2 Å². The normalized spacial score (nSPS) is 17.5. The average molecular weight is 468 g/mol. The molecule has 0 saturated heterocycles. The van der Waals surface area contributed by atoms with Crippen LogP contribution in [0.15, 0.2) is 22.2 Å². The van der Waals surface area contributed by atoms with Crippen LogP contribution in [0.4, 0.5) is 4.39 Å². The third-order valence-electron chi connectivity index (χ3n) is 6.28. The fraction of sp³-hybridized carbons (Fsp3) is 0.435. The molecule has 3 aromatic heterocycles. The Balaban J connectivity index is 1.73. The predicted molar refractivity (Wildman–Crippen MR) is 123 cm³/mol. The van der Waals surface area contributed by atoms with E-state index < -0.39 is 17.2 Å². The van der Waals surface area contributed by atoms with E-state index in [1.165, 1.54) is 17.5 Å². The summed E-state index contributed by atoms with van der Waals surface area (Å²) in [4.78, 5) is 34.9. The van der Waals surface area contributed by atoms with Gasteiger partial charge in [0.05, 0.1) is 22.9 Å². The summed E-state index contributed by atoms with van der Waals surface area (Å²) in [7, 11) is 0. The van der Waals surface area contributed by atoms with Gasteiger partial charge in [-0.15, -0.1) is 11.3 Å². The van der Waals surface area contributed by atoms with Crippen molar-refractivity contribution in [3.8, 4) is 10.6 Å². The number of hydrogen-bond acceptors (Lipinski definition) is 6. The Morgan fingerprint density at radius 2 is 2.21 bits per heavy atom. The molecule has 1 saturated carbocycles. The lowest BCUT2D eigenvalue weighted by molar-refractivity contribution is 0.0524. The van der Waals surface area contributed by atoms with Gasteiger partial charge in [-0.2, -0.15) is 0 Å². The summed E-state index contributed by atoms with van der Waals surface area (Å²) in [5.41, 5.74) is 9.88. The van der Waals surface area contributed by atoms with E-state index in [2.05, 4.69) is 15.0 Å². The Morgan fingerprint density at radius 3 is 2.91 bits per heavy atom. The van der Waals surface area contributed by atoms with Crippen molar-refractivity contribution in [1.29, 1.82) is 0 Å². The molecular weight excluding hydrogens is 445 g/mol. The first-order valence-electron chi connectivity index (χ1n) is 11.0. The van der Waals surface area contributed by atoms with Gasteiger partial charge >= 0.3 is 5.97 Å². The number of ether oxygens (including phenoxy) is 1. The van der Waals surface area contributed by atoms with Crippen molar-refractivity contribution in [3.05, 3.63) is 60.3 Å². The topological polar surface area (TPSA) is 110 Å². The molecular formula is C23H22FN5O3S. The van der Waals surface area contributed by atoms with Crippen molar-refractivity contribution in [2.24, 2.45) is 5.11 Å². The zero-order valence-corrected chi connectivity index (χ0v) is 19.1. The number of nitrogens with zero attached hydrogens (tertiary/aromatic N) is 5. The van der Waals surface area contributed by atoms with Crippen LogP contribution < -0.4 is 5.43 Å². The molecule has 0 aromatic carbocycles. The van der Waals surface area contributed by atoms with E-state index in [1.54, 1.807) is 13.8 Å². The number of carbonyl (C=O) groups is 1. The second kappa shape index (κ2) is 8.28. The predicted octanol–water partition coefficient (Wildman–Crippen LogP) is 5.77. The summed E-state index contributed by atoms with van der Waals surface area (Å²) in [6.45, 7) is 3.36. The number of azide groups is 1. The van der Waals surface area contributed by atoms with Crippen LogP contribution in [0.25, 0.3) is 32.0 Å². The van der Waals surface area contributed by atoms with Crippen molar-refractivity contribution in [2.45, 2.75) is 58.0 Å². The molecule has 2 aliphatic carbocycles. The molecule has 3 aromatic rings. The molecule has 33 heavy (non-hydrogen) atoms. The number of halogens is 1. The van der Waals surface area contributed by atoms with Gasteiger partial charge in [0.25, 0.3) is 0 Å². The second-order valence-electron chi connectivity index (χ2n) is 8.43. The molecule has 0 amide bonds. The van der Waals surface area contributed by atoms with Crippen molar-refractivity contribution in [3.63, 3.8) is 0 Å². The van der Waals surface area contributed by atoms with E-state index >= 15 is 4.39 Å². The van der Waals surface area contributed by atoms with Crippen molar-refractivity contribution in [2.75, 3.05) is 6.61 Å². The largest absolute Gasteiger partial charge is 0.462 e. The fourth-order valence-corrected chi connectivity index (χ4v) is 5.74. The molecule has 0 aliphatic heterocycles. The summed E-state index contributed by atoms with van der Waals surface area (Å²) in [6.07, 6.45) is 5.81. The minimum absolute atomic E-state index is 0.0999. The number of hydrogen-bond donors (Lipinski definition) is 0. The first-order chi connectivity index (χ1) is 15.9. The van der Waals surface area contributed by atoms with Crippen molar-refractivity contribution in [1.82, 2.24) is 9.55 Å². The lowest BCUT2D eigenvalue weighted by Crippen LogP contribution is -2.22. The second-order valence-corrected chi connectivity index (χ2v) is 9.57. The molecule has 1 atom stereocenters.